The normalized spacial score (nSPS) is 16.9. The first-order valence-corrected chi connectivity index (χ1v) is 7.15. The maximum absolute atomic E-state index is 12.7. The Balaban J connectivity index is 2.76. The molecule has 1 saturated carbocycles. The SMILES string of the molecule is C=CCN(CC(=O)OCC)C(=O)C1(CC)CCCC1. The summed E-state index contributed by atoms with van der Waals surface area (Å²) in [6.45, 7) is 8.26. The number of nitrogens with zero attached hydrogens (tertiary/aromatic N) is 1. The van der Waals surface area contributed by atoms with Crippen LogP contribution in [0.4, 0.5) is 0 Å². The topological polar surface area (TPSA) is 46.6 Å². The summed E-state index contributed by atoms with van der Waals surface area (Å²) in [5.74, 6) is -0.262. The highest BCUT2D eigenvalue weighted by Gasteiger charge is 2.42. The van der Waals surface area contributed by atoms with Crippen LogP contribution in [-0.2, 0) is 14.3 Å². The highest BCUT2D eigenvalue weighted by molar-refractivity contribution is 5.86. The zero-order valence-electron chi connectivity index (χ0n) is 12.1. The molecule has 1 fully saturated rings. The van der Waals surface area contributed by atoms with Crippen LogP contribution < -0.4 is 0 Å². The molecule has 0 aliphatic heterocycles. The lowest BCUT2D eigenvalue weighted by atomic mass is 9.82. The quantitative estimate of drug-likeness (QED) is 0.526. The van der Waals surface area contributed by atoms with Gasteiger partial charge < -0.3 is 9.64 Å². The molecule has 19 heavy (non-hydrogen) atoms. The number of rotatable bonds is 7. The molecular formula is C15H25NO3. The summed E-state index contributed by atoms with van der Waals surface area (Å²) in [4.78, 5) is 25.9. The van der Waals surface area contributed by atoms with Crippen LogP contribution in [0.25, 0.3) is 0 Å². The van der Waals surface area contributed by atoms with Crippen LogP contribution in [0.1, 0.15) is 46.0 Å². The van der Waals surface area contributed by atoms with Gasteiger partial charge in [0.15, 0.2) is 0 Å². The zero-order valence-corrected chi connectivity index (χ0v) is 12.1. The minimum atomic E-state index is -0.345. The van der Waals surface area contributed by atoms with Gasteiger partial charge in [-0.15, -0.1) is 6.58 Å². The first kappa shape index (κ1) is 15.7. The lowest BCUT2D eigenvalue weighted by Gasteiger charge is -2.32. The Bertz CT molecular complexity index is 332. The molecule has 0 N–H and O–H groups in total. The molecule has 0 aromatic rings. The van der Waals surface area contributed by atoms with E-state index in [1.807, 2.05) is 0 Å². The van der Waals surface area contributed by atoms with Gasteiger partial charge in [0.2, 0.25) is 5.91 Å². The summed E-state index contributed by atoms with van der Waals surface area (Å²) in [7, 11) is 0. The summed E-state index contributed by atoms with van der Waals surface area (Å²) >= 11 is 0. The van der Waals surface area contributed by atoms with Gasteiger partial charge in [-0.05, 0) is 26.2 Å². The monoisotopic (exact) mass is 267 g/mol. The van der Waals surface area contributed by atoms with Crippen LogP contribution in [0, 0.1) is 5.41 Å². The summed E-state index contributed by atoms with van der Waals surface area (Å²) in [6, 6.07) is 0. The van der Waals surface area contributed by atoms with Crippen LogP contribution in [0.2, 0.25) is 0 Å². The number of carbonyl (C=O) groups is 2. The van der Waals surface area contributed by atoms with Crippen molar-refractivity contribution in [2.24, 2.45) is 5.41 Å². The molecule has 0 saturated heterocycles. The van der Waals surface area contributed by atoms with E-state index in [9.17, 15) is 9.59 Å². The van der Waals surface area contributed by atoms with Gasteiger partial charge in [-0.2, -0.15) is 0 Å². The Hall–Kier alpha value is -1.32. The second kappa shape index (κ2) is 7.31. The molecule has 0 bridgehead atoms. The molecule has 1 rings (SSSR count). The average molecular weight is 267 g/mol. The Kier molecular flexibility index (Phi) is 6.06. The largest absolute Gasteiger partial charge is 0.465 e. The van der Waals surface area contributed by atoms with E-state index >= 15 is 0 Å². The highest BCUT2D eigenvalue weighted by atomic mass is 16.5. The smallest absolute Gasteiger partial charge is 0.325 e. The van der Waals surface area contributed by atoms with Crippen molar-refractivity contribution >= 4 is 11.9 Å². The zero-order chi connectivity index (χ0) is 14.3. The Morgan fingerprint density at radius 1 is 1.32 bits per heavy atom. The molecule has 1 aliphatic carbocycles. The van der Waals surface area contributed by atoms with Crippen molar-refractivity contribution in [2.75, 3.05) is 19.7 Å². The minimum absolute atomic E-state index is 0.0282. The molecule has 0 aromatic carbocycles. The number of ether oxygens (including phenoxy) is 1. The van der Waals surface area contributed by atoms with E-state index in [0.717, 1.165) is 32.1 Å². The van der Waals surface area contributed by atoms with Crippen LogP contribution in [0.3, 0.4) is 0 Å². The van der Waals surface area contributed by atoms with Crippen molar-refractivity contribution in [2.45, 2.75) is 46.0 Å². The van der Waals surface area contributed by atoms with E-state index in [2.05, 4.69) is 13.5 Å². The van der Waals surface area contributed by atoms with Crippen LogP contribution in [0.5, 0.6) is 0 Å². The maximum Gasteiger partial charge on any atom is 0.325 e. The second-order valence-electron chi connectivity index (χ2n) is 5.12. The van der Waals surface area contributed by atoms with Gasteiger partial charge in [0.1, 0.15) is 6.54 Å². The average Bonchev–Trinajstić information content (AvgIpc) is 2.87. The molecule has 0 heterocycles. The van der Waals surface area contributed by atoms with E-state index in [1.165, 1.54) is 0 Å². The fraction of sp³-hybridized carbons (Fsp3) is 0.733. The van der Waals surface area contributed by atoms with Gasteiger partial charge in [0, 0.05) is 12.0 Å². The number of hydrogen-bond donors (Lipinski definition) is 0. The third kappa shape index (κ3) is 3.82. The van der Waals surface area contributed by atoms with Gasteiger partial charge >= 0.3 is 5.97 Å². The van der Waals surface area contributed by atoms with Crippen molar-refractivity contribution in [1.29, 1.82) is 0 Å². The van der Waals surface area contributed by atoms with Crippen molar-refractivity contribution in [3.8, 4) is 0 Å². The summed E-state index contributed by atoms with van der Waals surface area (Å²) in [6.07, 6.45) is 6.55. The molecule has 0 aromatic heterocycles. The van der Waals surface area contributed by atoms with Gasteiger partial charge in [0.05, 0.1) is 6.61 Å². The van der Waals surface area contributed by atoms with Crippen LogP contribution >= 0.6 is 0 Å². The number of hydrogen-bond acceptors (Lipinski definition) is 3. The summed E-state index contributed by atoms with van der Waals surface area (Å²) < 4.78 is 4.93. The molecule has 1 aliphatic rings. The lowest BCUT2D eigenvalue weighted by molar-refractivity contribution is -0.152. The molecule has 0 atom stereocenters. The van der Waals surface area contributed by atoms with Gasteiger partial charge in [-0.1, -0.05) is 25.8 Å². The predicted octanol–water partition coefficient (Wildman–Crippen LogP) is 2.53. The van der Waals surface area contributed by atoms with E-state index in [1.54, 1.807) is 17.9 Å². The molecule has 0 radical (unpaired) electrons. The van der Waals surface area contributed by atoms with Gasteiger partial charge in [-0.3, -0.25) is 9.59 Å². The van der Waals surface area contributed by atoms with Crippen molar-refractivity contribution in [1.82, 2.24) is 4.90 Å². The molecular weight excluding hydrogens is 242 g/mol. The molecule has 4 heteroatoms. The van der Waals surface area contributed by atoms with Crippen molar-refractivity contribution < 1.29 is 14.3 Å². The molecule has 4 nitrogen and oxygen atoms in total. The van der Waals surface area contributed by atoms with Crippen molar-refractivity contribution in [3.05, 3.63) is 12.7 Å². The van der Waals surface area contributed by atoms with Crippen molar-refractivity contribution in [3.63, 3.8) is 0 Å². The van der Waals surface area contributed by atoms with E-state index in [0.29, 0.717) is 13.2 Å². The van der Waals surface area contributed by atoms with E-state index in [4.69, 9.17) is 4.74 Å². The summed E-state index contributed by atoms with van der Waals surface area (Å²) in [5, 5.41) is 0. The number of esters is 1. The fourth-order valence-electron chi connectivity index (χ4n) is 2.84. The standard InChI is InChI=1S/C15H25NO3/c1-4-11-16(12-13(17)19-6-3)14(18)15(5-2)9-7-8-10-15/h4H,1,5-12H2,2-3H3. The Morgan fingerprint density at radius 3 is 2.42 bits per heavy atom. The number of carbonyl (C=O) groups excluding carboxylic acids is 2. The third-order valence-corrected chi connectivity index (χ3v) is 3.95. The number of amides is 1. The van der Waals surface area contributed by atoms with Gasteiger partial charge in [0.25, 0.3) is 0 Å². The molecule has 1 amide bonds. The highest BCUT2D eigenvalue weighted by Crippen LogP contribution is 2.42. The van der Waals surface area contributed by atoms with E-state index < -0.39 is 0 Å². The minimum Gasteiger partial charge on any atom is -0.465 e. The van der Waals surface area contributed by atoms with Crippen LogP contribution in [-0.4, -0.2) is 36.5 Å². The Labute approximate surface area is 115 Å². The fourth-order valence-corrected chi connectivity index (χ4v) is 2.84. The summed E-state index contributed by atoms with van der Waals surface area (Å²) in [5.41, 5.74) is -0.268. The second-order valence-corrected chi connectivity index (χ2v) is 5.12. The first-order chi connectivity index (χ1) is 9.09. The molecule has 0 unspecified atom stereocenters. The molecule has 108 valence electrons. The molecule has 0 spiro atoms. The third-order valence-electron chi connectivity index (χ3n) is 3.95. The van der Waals surface area contributed by atoms with Gasteiger partial charge in [-0.25, -0.2) is 0 Å². The van der Waals surface area contributed by atoms with E-state index in [-0.39, 0.29) is 23.8 Å². The lowest BCUT2D eigenvalue weighted by Crippen LogP contribution is -2.45. The predicted molar refractivity (Wildman–Crippen MR) is 74.6 cm³/mol. The van der Waals surface area contributed by atoms with Crippen LogP contribution in [0.15, 0.2) is 12.7 Å². The Morgan fingerprint density at radius 2 is 1.95 bits per heavy atom. The first-order valence-electron chi connectivity index (χ1n) is 7.15. The maximum atomic E-state index is 12.7.